The molecule has 0 rings (SSSR count). The molecule has 0 aliphatic heterocycles. The van der Waals surface area contributed by atoms with Crippen LogP contribution in [0.2, 0.25) is 5.31 Å². The second-order valence-corrected chi connectivity index (χ2v) is 3.52. The molecule has 0 aliphatic rings. The highest BCUT2D eigenvalue weighted by molar-refractivity contribution is 6.14. The third-order valence-electron chi connectivity index (χ3n) is 1.73. The molecule has 0 spiro atoms. The van der Waals surface area contributed by atoms with Crippen molar-refractivity contribution in [3.63, 3.8) is 0 Å². The Morgan fingerprint density at radius 3 is 1.09 bits per heavy atom. The molecule has 0 saturated carbocycles. The van der Waals surface area contributed by atoms with Crippen LogP contribution in [0.3, 0.4) is 0 Å². The average molecular weight is 162 g/mol. The highest BCUT2D eigenvalue weighted by Gasteiger charge is 2.13. The van der Waals surface area contributed by atoms with E-state index in [1.807, 2.05) is 0 Å². The predicted molar refractivity (Wildman–Crippen MR) is 53.7 cm³/mol. The summed E-state index contributed by atoms with van der Waals surface area (Å²) in [6.45, 7) is 9.02. The third-order valence-corrected chi connectivity index (χ3v) is 1.73. The van der Waals surface area contributed by atoms with E-state index in [0.29, 0.717) is 5.31 Å². The maximum Gasteiger partial charge on any atom is 0.109 e. The van der Waals surface area contributed by atoms with Crippen LogP contribution in [-0.4, -0.2) is 32.3 Å². The Hall–Kier alpha value is -0.0151. The van der Waals surface area contributed by atoms with Gasteiger partial charge in [-0.15, -0.1) is 0 Å². The molecule has 0 aromatic heterocycles. The van der Waals surface area contributed by atoms with Crippen molar-refractivity contribution in [2.24, 2.45) is 5.92 Å². The van der Waals surface area contributed by atoms with Gasteiger partial charge in [0.25, 0.3) is 0 Å². The van der Waals surface area contributed by atoms with Crippen LogP contribution in [0, 0.1) is 5.92 Å². The van der Waals surface area contributed by atoms with E-state index in [0.717, 1.165) is 20.1 Å². The molecule has 0 amide bonds. The second-order valence-electron chi connectivity index (χ2n) is 3.52. The second kappa shape index (κ2) is 9.98. The van der Waals surface area contributed by atoms with Gasteiger partial charge in [0, 0.05) is 14.2 Å². The molecule has 0 heterocycles. The van der Waals surface area contributed by atoms with Gasteiger partial charge in [0.05, 0.1) is 0 Å². The summed E-state index contributed by atoms with van der Waals surface area (Å²) in [5.41, 5.74) is 0. The fraction of sp³-hybridized carbons (Fsp3) is 1.00. The minimum atomic E-state index is 0.500. The third kappa shape index (κ3) is 17.8. The van der Waals surface area contributed by atoms with Gasteiger partial charge in [-0.05, 0) is 5.92 Å². The van der Waals surface area contributed by atoms with Crippen molar-refractivity contribution in [1.82, 2.24) is 0 Å². The molecule has 0 radical (unpaired) electrons. The first-order valence-corrected chi connectivity index (χ1v) is 3.84. The lowest BCUT2D eigenvalue weighted by molar-refractivity contribution is 0.399. The maximum absolute atomic E-state index is 7.00. The number of rotatable bonds is 1. The number of hydrogen-bond donors (Lipinski definition) is 2. The van der Waals surface area contributed by atoms with Crippen LogP contribution in [0.15, 0.2) is 0 Å². The molecule has 0 aromatic rings. The molecule has 0 bridgehead atoms. The van der Waals surface area contributed by atoms with Crippen molar-refractivity contribution in [2.75, 3.05) is 14.2 Å². The summed E-state index contributed by atoms with van der Waals surface area (Å²) in [5, 5.41) is 14.5. The van der Waals surface area contributed by atoms with E-state index in [1.54, 1.807) is 0 Å². The lowest BCUT2D eigenvalue weighted by Crippen LogP contribution is -2.09. The van der Waals surface area contributed by atoms with Crippen molar-refractivity contribution >= 4 is 7.85 Å². The van der Waals surface area contributed by atoms with E-state index in [9.17, 15) is 0 Å². The lowest BCUT2D eigenvalue weighted by atomic mass is 9.65. The Labute approximate surface area is 72.0 Å². The zero-order valence-electron chi connectivity index (χ0n) is 8.97. The van der Waals surface area contributed by atoms with E-state index in [-0.39, 0.29) is 0 Å². The molecule has 0 aliphatic carbocycles. The monoisotopic (exact) mass is 162 g/mol. The van der Waals surface area contributed by atoms with Gasteiger partial charge < -0.3 is 10.2 Å². The van der Waals surface area contributed by atoms with E-state index in [1.165, 1.54) is 0 Å². The number of aliphatic hydroxyl groups is 2. The molecular formula is C8H23BO2. The van der Waals surface area contributed by atoms with Gasteiger partial charge in [0.1, 0.15) is 7.85 Å². The fourth-order valence-corrected chi connectivity index (χ4v) is 0. The van der Waals surface area contributed by atoms with Crippen LogP contribution in [0.1, 0.15) is 27.7 Å². The molecule has 0 fully saturated rings. The SMILES string of the molecule is BC(C)(C)C(C)C.CO.CO. The van der Waals surface area contributed by atoms with Crippen LogP contribution < -0.4 is 0 Å². The molecule has 0 aromatic carbocycles. The van der Waals surface area contributed by atoms with Gasteiger partial charge in [-0.2, -0.15) is 0 Å². The summed E-state index contributed by atoms with van der Waals surface area (Å²) in [6, 6.07) is 0. The van der Waals surface area contributed by atoms with Crippen molar-refractivity contribution in [3.8, 4) is 0 Å². The lowest BCUT2D eigenvalue weighted by Gasteiger charge is -2.22. The zero-order valence-corrected chi connectivity index (χ0v) is 8.97. The molecule has 2 nitrogen and oxygen atoms in total. The van der Waals surface area contributed by atoms with Gasteiger partial charge in [-0.3, -0.25) is 0 Å². The topological polar surface area (TPSA) is 40.5 Å². The Balaban J connectivity index is -0.000000138. The predicted octanol–water partition coefficient (Wildman–Crippen LogP) is 0.691. The van der Waals surface area contributed by atoms with Crippen LogP contribution in [0.4, 0.5) is 0 Å². The van der Waals surface area contributed by atoms with Crippen LogP contribution in [-0.2, 0) is 0 Å². The fourth-order valence-electron chi connectivity index (χ4n) is 0. The summed E-state index contributed by atoms with van der Waals surface area (Å²) in [5.74, 6) is 0.799. The van der Waals surface area contributed by atoms with Crippen molar-refractivity contribution < 1.29 is 10.2 Å². The first-order valence-electron chi connectivity index (χ1n) is 3.84. The van der Waals surface area contributed by atoms with Crippen LogP contribution in [0.5, 0.6) is 0 Å². The Morgan fingerprint density at radius 1 is 1.00 bits per heavy atom. The Kier molecular flexibility index (Phi) is 15.6. The summed E-state index contributed by atoms with van der Waals surface area (Å²) in [4.78, 5) is 0. The molecular weight excluding hydrogens is 139 g/mol. The van der Waals surface area contributed by atoms with E-state index in [2.05, 4.69) is 35.5 Å². The highest BCUT2D eigenvalue weighted by Crippen LogP contribution is 2.28. The maximum atomic E-state index is 7.00. The highest BCUT2D eigenvalue weighted by atomic mass is 16.2. The van der Waals surface area contributed by atoms with Crippen molar-refractivity contribution in [2.45, 2.75) is 33.0 Å². The first-order chi connectivity index (χ1) is 4.94. The molecule has 2 N–H and O–H groups in total. The first kappa shape index (κ1) is 17.2. The Bertz CT molecular complexity index is 57.6. The van der Waals surface area contributed by atoms with Crippen molar-refractivity contribution in [3.05, 3.63) is 0 Å². The molecule has 0 unspecified atom stereocenters. The van der Waals surface area contributed by atoms with E-state index < -0.39 is 0 Å². The van der Waals surface area contributed by atoms with Gasteiger partial charge in [-0.1, -0.05) is 33.0 Å². The minimum absolute atomic E-state index is 0.500. The zero-order chi connectivity index (χ0) is 10.1. The summed E-state index contributed by atoms with van der Waals surface area (Å²) in [6.07, 6.45) is 0. The Morgan fingerprint density at radius 2 is 1.09 bits per heavy atom. The molecule has 0 saturated heterocycles. The van der Waals surface area contributed by atoms with E-state index in [4.69, 9.17) is 10.2 Å². The van der Waals surface area contributed by atoms with Gasteiger partial charge in [0.2, 0.25) is 0 Å². The van der Waals surface area contributed by atoms with Crippen LogP contribution in [0.25, 0.3) is 0 Å². The van der Waals surface area contributed by atoms with Gasteiger partial charge >= 0.3 is 0 Å². The smallest absolute Gasteiger partial charge is 0.109 e. The molecule has 0 atom stereocenters. The molecule has 11 heavy (non-hydrogen) atoms. The van der Waals surface area contributed by atoms with Crippen LogP contribution >= 0.6 is 0 Å². The quantitative estimate of drug-likeness (QED) is 0.557. The summed E-state index contributed by atoms with van der Waals surface area (Å²) >= 11 is 0. The largest absolute Gasteiger partial charge is 0.400 e. The van der Waals surface area contributed by atoms with Gasteiger partial charge in [0.15, 0.2) is 0 Å². The summed E-state index contributed by atoms with van der Waals surface area (Å²) in [7, 11) is 4.26. The van der Waals surface area contributed by atoms with Gasteiger partial charge in [-0.25, -0.2) is 0 Å². The van der Waals surface area contributed by atoms with Crippen molar-refractivity contribution in [1.29, 1.82) is 0 Å². The molecule has 3 heteroatoms. The summed E-state index contributed by atoms with van der Waals surface area (Å²) < 4.78 is 0. The minimum Gasteiger partial charge on any atom is -0.400 e. The standard InChI is InChI=1S/C6H15B.2CH4O/c1-5(2)6(3,4)7;2*1-2/h5H,7H2,1-4H3;2*2H,1H3. The average Bonchev–Trinajstić information content (AvgIpc) is 1.95. The normalized spacial score (nSPS) is 9.18. The molecule has 70 valence electrons. The number of aliphatic hydroxyl groups excluding tert-OH is 2. The van der Waals surface area contributed by atoms with E-state index >= 15 is 0 Å². The number of hydrogen-bond acceptors (Lipinski definition) is 2.